The Hall–Kier alpha value is -1.70. The molecule has 1 aliphatic heterocycles. The van der Waals surface area contributed by atoms with Gasteiger partial charge in [-0.1, -0.05) is 0 Å². The third-order valence-corrected chi connectivity index (χ3v) is 4.99. The summed E-state index contributed by atoms with van der Waals surface area (Å²) in [5.74, 6) is -0.528. The maximum absolute atomic E-state index is 12.1. The molecule has 0 unspecified atom stereocenters. The van der Waals surface area contributed by atoms with Crippen molar-refractivity contribution in [2.45, 2.75) is 25.8 Å². The fraction of sp³-hybridized carbons (Fsp3) is 0.545. The summed E-state index contributed by atoms with van der Waals surface area (Å²) >= 11 is 0. The van der Waals surface area contributed by atoms with Gasteiger partial charge in [0.2, 0.25) is 0 Å². The molecule has 7 nitrogen and oxygen atoms in total. The zero-order chi connectivity index (χ0) is 14.2. The molecule has 0 aromatic carbocycles. The van der Waals surface area contributed by atoms with Gasteiger partial charge in [0.15, 0.2) is 5.78 Å². The van der Waals surface area contributed by atoms with E-state index in [2.05, 4.69) is 4.98 Å². The molecule has 0 bridgehead atoms. The van der Waals surface area contributed by atoms with Gasteiger partial charge in [-0.2, -0.15) is 0 Å². The number of nitrogens with zero attached hydrogens (tertiary/aromatic N) is 1. The molecule has 1 fully saturated rings. The van der Waals surface area contributed by atoms with E-state index in [9.17, 15) is 22.8 Å². The van der Waals surface area contributed by atoms with Crippen molar-refractivity contribution < 1.29 is 13.2 Å². The number of Topliss-reactive ketones (excluding diaryl/α,β-unsaturated/α-hetero) is 1. The van der Waals surface area contributed by atoms with Crippen LogP contribution in [0, 0.1) is 0 Å². The lowest BCUT2D eigenvalue weighted by Crippen LogP contribution is -2.42. The number of sulfone groups is 1. The highest BCUT2D eigenvalue weighted by molar-refractivity contribution is 7.91. The van der Waals surface area contributed by atoms with Crippen LogP contribution in [0.25, 0.3) is 0 Å². The van der Waals surface area contributed by atoms with Gasteiger partial charge < -0.3 is 4.98 Å². The molecule has 1 N–H and O–H groups in total. The van der Waals surface area contributed by atoms with E-state index in [1.807, 2.05) is 0 Å². The molecule has 2 heterocycles. The van der Waals surface area contributed by atoms with Gasteiger partial charge in [0.25, 0.3) is 5.56 Å². The molecule has 0 saturated carbocycles. The second-order valence-electron chi connectivity index (χ2n) is 4.62. The minimum absolute atomic E-state index is 0.0478. The molecule has 2 rings (SSSR count). The number of ketones is 1. The number of aromatic amines is 1. The van der Waals surface area contributed by atoms with Crippen LogP contribution in [0.3, 0.4) is 0 Å². The van der Waals surface area contributed by atoms with Gasteiger partial charge in [-0.05, 0) is 19.8 Å². The minimum Gasteiger partial charge on any atom is -0.313 e. The van der Waals surface area contributed by atoms with Crippen LogP contribution in [0.1, 0.15) is 36.2 Å². The number of carbonyl (C=O) groups excluding carboxylic acids is 1. The third kappa shape index (κ3) is 2.67. The molecule has 0 aliphatic carbocycles. The number of aromatic nitrogens is 2. The lowest BCUT2D eigenvalue weighted by Gasteiger charge is -2.23. The molecule has 1 aromatic rings. The van der Waals surface area contributed by atoms with E-state index in [4.69, 9.17) is 0 Å². The first-order valence-corrected chi connectivity index (χ1v) is 7.69. The zero-order valence-corrected chi connectivity index (χ0v) is 11.2. The van der Waals surface area contributed by atoms with Crippen molar-refractivity contribution in [3.63, 3.8) is 0 Å². The molecule has 0 atom stereocenters. The molecule has 104 valence electrons. The van der Waals surface area contributed by atoms with E-state index in [0.29, 0.717) is 0 Å². The molecule has 1 aromatic heterocycles. The highest BCUT2D eigenvalue weighted by atomic mass is 32.2. The summed E-state index contributed by atoms with van der Waals surface area (Å²) in [5, 5.41) is 0. The van der Waals surface area contributed by atoms with Crippen LogP contribution in [-0.2, 0) is 9.84 Å². The molecule has 19 heavy (non-hydrogen) atoms. The summed E-state index contributed by atoms with van der Waals surface area (Å²) in [7, 11) is -3.07. The fourth-order valence-corrected chi connectivity index (χ4v) is 3.67. The maximum atomic E-state index is 12.1. The molecule has 1 saturated heterocycles. The Labute approximate surface area is 109 Å². The fourth-order valence-electron chi connectivity index (χ4n) is 2.21. The van der Waals surface area contributed by atoms with E-state index in [-0.39, 0.29) is 29.9 Å². The second-order valence-corrected chi connectivity index (χ2v) is 6.93. The Morgan fingerprint density at radius 2 is 1.89 bits per heavy atom. The Morgan fingerprint density at radius 3 is 2.42 bits per heavy atom. The van der Waals surface area contributed by atoms with Crippen LogP contribution in [0.15, 0.2) is 15.8 Å². The van der Waals surface area contributed by atoms with Crippen molar-refractivity contribution in [1.82, 2.24) is 9.55 Å². The van der Waals surface area contributed by atoms with E-state index >= 15 is 0 Å². The molecule has 0 radical (unpaired) electrons. The normalized spacial score (nSPS) is 19.2. The average Bonchev–Trinajstić information content (AvgIpc) is 2.30. The molecule has 0 spiro atoms. The van der Waals surface area contributed by atoms with Crippen LogP contribution in [0.5, 0.6) is 0 Å². The summed E-state index contributed by atoms with van der Waals surface area (Å²) in [5.41, 5.74) is -1.35. The first-order valence-electron chi connectivity index (χ1n) is 5.87. The lowest BCUT2D eigenvalue weighted by molar-refractivity contribution is 0.101. The maximum Gasteiger partial charge on any atom is 0.328 e. The lowest BCUT2D eigenvalue weighted by atomic mass is 10.1. The Kier molecular flexibility index (Phi) is 3.44. The first kappa shape index (κ1) is 13.7. The highest BCUT2D eigenvalue weighted by Gasteiger charge is 2.27. The van der Waals surface area contributed by atoms with Crippen molar-refractivity contribution in [3.8, 4) is 0 Å². The van der Waals surface area contributed by atoms with Crippen molar-refractivity contribution in [2.75, 3.05) is 11.5 Å². The van der Waals surface area contributed by atoms with Crippen molar-refractivity contribution >= 4 is 15.6 Å². The Balaban J connectivity index is 2.46. The third-order valence-electron chi connectivity index (χ3n) is 3.28. The standard InChI is InChI=1S/C11H14N2O5S/c1-7(14)9-6-12-11(16)13(10(9)15)8-2-4-19(17,18)5-3-8/h6,8H,2-5H2,1H3,(H,12,16). The summed E-state index contributed by atoms with van der Waals surface area (Å²) < 4.78 is 23.7. The zero-order valence-electron chi connectivity index (χ0n) is 10.4. The average molecular weight is 286 g/mol. The van der Waals surface area contributed by atoms with Crippen LogP contribution < -0.4 is 11.2 Å². The predicted octanol–water partition coefficient (Wildman–Crippen LogP) is -0.511. The molecular weight excluding hydrogens is 272 g/mol. The van der Waals surface area contributed by atoms with Crippen LogP contribution in [0.4, 0.5) is 0 Å². The summed E-state index contributed by atoms with van der Waals surface area (Å²) in [6.45, 7) is 1.24. The SMILES string of the molecule is CC(=O)c1c[nH]c(=O)n(C2CCS(=O)(=O)CC2)c1=O. The number of nitrogens with one attached hydrogen (secondary N) is 1. The van der Waals surface area contributed by atoms with Gasteiger partial charge in [-0.3, -0.25) is 14.2 Å². The number of rotatable bonds is 2. The number of hydrogen-bond donors (Lipinski definition) is 1. The van der Waals surface area contributed by atoms with Gasteiger partial charge in [-0.25, -0.2) is 13.2 Å². The molecule has 8 heteroatoms. The quantitative estimate of drug-likeness (QED) is 0.737. The van der Waals surface area contributed by atoms with E-state index in [1.165, 1.54) is 6.92 Å². The largest absolute Gasteiger partial charge is 0.328 e. The number of H-pyrrole nitrogens is 1. The molecule has 0 amide bonds. The van der Waals surface area contributed by atoms with Gasteiger partial charge in [0.1, 0.15) is 9.84 Å². The van der Waals surface area contributed by atoms with Crippen LogP contribution >= 0.6 is 0 Å². The first-order chi connectivity index (χ1) is 8.82. The van der Waals surface area contributed by atoms with E-state index in [1.54, 1.807) is 0 Å². The van der Waals surface area contributed by atoms with Gasteiger partial charge in [0, 0.05) is 12.2 Å². The van der Waals surface area contributed by atoms with Gasteiger partial charge >= 0.3 is 5.69 Å². The second kappa shape index (κ2) is 4.76. The van der Waals surface area contributed by atoms with E-state index < -0.39 is 32.9 Å². The summed E-state index contributed by atoms with van der Waals surface area (Å²) in [4.78, 5) is 37.4. The van der Waals surface area contributed by atoms with Gasteiger partial charge in [0.05, 0.1) is 17.1 Å². The minimum atomic E-state index is -3.07. The number of carbonyl (C=O) groups is 1. The summed E-state index contributed by atoms with van der Waals surface area (Å²) in [6, 6.07) is -0.473. The smallest absolute Gasteiger partial charge is 0.313 e. The summed E-state index contributed by atoms with van der Waals surface area (Å²) in [6.07, 6.45) is 1.53. The van der Waals surface area contributed by atoms with Crippen LogP contribution in [-0.4, -0.2) is 35.3 Å². The Morgan fingerprint density at radius 1 is 1.32 bits per heavy atom. The molecular formula is C11H14N2O5S. The van der Waals surface area contributed by atoms with Crippen molar-refractivity contribution in [3.05, 3.63) is 32.6 Å². The van der Waals surface area contributed by atoms with Crippen molar-refractivity contribution in [2.24, 2.45) is 0 Å². The Bertz CT molecular complexity index is 714. The van der Waals surface area contributed by atoms with Crippen LogP contribution in [0.2, 0.25) is 0 Å². The van der Waals surface area contributed by atoms with E-state index in [0.717, 1.165) is 10.8 Å². The topological polar surface area (TPSA) is 106 Å². The molecule has 1 aliphatic rings. The monoisotopic (exact) mass is 286 g/mol. The predicted molar refractivity (Wildman–Crippen MR) is 68.3 cm³/mol. The number of hydrogen-bond acceptors (Lipinski definition) is 5. The highest BCUT2D eigenvalue weighted by Crippen LogP contribution is 2.21. The van der Waals surface area contributed by atoms with Crippen molar-refractivity contribution in [1.29, 1.82) is 0 Å². The van der Waals surface area contributed by atoms with Gasteiger partial charge in [-0.15, -0.1) is 0 Å².